The molecule has 1 heterocycles. The van der Waals surface area contributed by atoms with Crippen LogP contribution < -0.4 is 5.73 Å². The summed E-state index contributed by atoms with van der Waals surface area (Å²) in [5.41, 5.74) is 8.27. The minimum absolute atomic E-state index is 0.379. The lowest BCUT2D eigenvalue weighted by atomic mass is 10.1. The van der Waals surface area contributed by atoms with Gasteiger partial charge in [0.05, 0.1) is 10.7 Å². The van der Waals surface area contributed by atoms with Gasteiger partial charge in [0.25, 0.3) is 0 Å². The third-order valence-corrected chi connectivity index (χ3v) is 4.42. The summed E-state index contributed by atoms with van der Waals surface area (Å²) in [5.74, 6) is 0.590. The number of thiazole rings is 1. The van der Waals surface area contributed by atoms with Crippen molar-refractivity contribution in [2.75, 3.05) is 0 Å². The maximum absolute atomic E-state index is 5.96. The fraction of sp³-hybridized carbons (Fsp3) is 0.357. The van der Waals surface area contributed by atoms with Gasteiger partial charge in [-0.2, -0.15) is 0 Å². The molecule has 0 amide bonds. The van der Waals surface area contributed by atoms with Gasteiger partial charge in [-0.25, -0.2) is 4.98 Å². The van der Waals surface area contributed by atoms with E-state index in [1.54, 1.807) is 11.3 Å². The van der Waals surface area contributed by atoms with Gasteiger partial charge in [-0.3, -0.25) is 0 Å². The Balaban J connectivity index is 1.84. The van der Waals surface area contributed by atoms with Crippen LogP contribution in [-0.4, -0.2) is 11.0 Å². The van der Waals surface area contributed by atoms with E-state index in [1.165, 1.54) is 17.0 Å². The van der Waals surface area contributed by atoms with Gasteiger partial charge in [-0.1, -0.05) is 30.3 Å². The Bertz CT molecular complexity index is 492. The second-order valence-corrected chi connectivity index (χ2v) is 5.60. The Kier molecular flexibility index (Phi) is 2.95. The molecule has 0 spiro atoms. The maximum atomic E-state index is 5.96. The highest BCUT2D eigenvalue weighted by Crippen LogP contribution is 2.36. The van der Waals surface area contributed by atoms with Gasteiger partial charge in [-0.15, -0.1) is 11.3 Å². The van der Waals surface area contributed by atoms with E-state index < -0.39 is 0 Å². The molecule has 1 aliphatic carbocycles. The molecule has 2 atom stereocenters. The van der Waals surface area contributed by atoms with Crippen LogP contribution in [0.1, 0.15) is 30.2 Å². The van der Waals surface area contributed by atoms with Crippen molar-refractivity contribution in [3.05, 3.63) is 40.7 Å². The van der Waals surface area contributed by atoms with Crippen LogP contribution >= 0.6 is 11.3 Å². The van der Waals surface area contributed by atoms with E-state index in [0.717, 1.165) is 18.5 Å². The van der Waals surface area contributed by atoms with Crippen molar-refractivity contribution < 1.29 is 0 Å². The molecule has 1 aliphatic rings. The van der Waals surface area contributed by atoms with E-state index in [4.69, 9.17) is 10.7 Å². The summed E-state index contributed by atoms with van der Waals surface area (Å²) in [6.07, 6.45) is 3.44. The molecule has 17 heavy (non-hydrogen) atoms. The number of nitrogens with zero attached hydrogens (tertiary/aromatic N) is 1. The van der Waals surface area contributed by atoms with Gasteiger partial charge < -0.3 is 5.73 Å². The van der Waals surface area contributed by atoms with Gasteiger partial charge in [0.2, 0.25) is 0 Å². The zero-order valence-electron chi connectivity index (χ0n) is 9.67. The van der Waals surface area contributed by atoms with E-state index in [1.807, 2.05) is 6.07 Å². The number of benzene rings is 1. The minimum atomic E-state index is 0.379. The van der Waals surface area contributed by atoms with Crippen molar-refractivity contribution >= 4 is 11.3 Å². The van der Waals surface area contributed by atoms with Crippen LogP contribution in [0.25, 0.3) is 11.3 Å². The molecule has 1 aromatic heterocycles. The Morgan fingerprint density at radius 1 is 1.18 bits per heavy atom. The highest BCUT2D eigenvalue weighted by Gasteiger charge is 2.25. The van der Waals surface area contributed by atoms with E-state index >= 15 is 0 Å². The summed E-state index contributed by atoms with van der Waals surface area (Å²) in [4.78, 5) is 4.76. The van der Waals surface area contributed by atoms with Crippen molar-refractivity contribution in [1.82, 2.24) is 4.98 Å². The van der Waals surface area contributed by atoms with Crippen LogP contribution in [0.4, 0.5) is 0 Å². The topological polar surface area (TPSA) is 38.9 Å². The number of aromatic nitrogens is 1. The van der Waals surface area contributed by atoms with Crippen molar-refractivity contribution in [3.8, 4) is 11.3 Å². The fourth-order valence-electron chi connectivity index (χ4n) is 2.46. The summed E-state index contributed by atoms with van der Waals surface area (Å²) in [7, 11) is 0. The van der Waals surface area contributed by atoms with Gasteiger partial charge in [0, 0.05) is 22.9 Å². The Labute approximate surface area is 106 Å². The lowest BCUT2D eigenvalue weighted by Crippen LogP contribution is -2.14. The average molecular weight is 244 g/mol. The standard InChI is InChI=1S/C14H16N2S/c15-12-7-6-11(8-12)14-16-13(9-17-14)10-4-2-1-3-5-10/h1-5,9,11-12H,6-8,15H2/t11-,12+/m0/s1. The van der Waals surface area contributed by atoms with Crippen molar-refractivity contribution in [3.63, 3.8) is 0 Å². The van der Waals surface area contributed by atoms with Gasteiger partial charge in [0.15, 0.2) is 0 Å². The largest absolute Gasteiger partial charge is 0.328 e. The molecular weight excluding hydrogens is 228 g/mol. The summed E-state index contributed by atoms with van der Waals surface area (Å²) in [6, 6.07) is 10.7. The Morgan fingerprint density at radius 3 is 2.71 bits per heavy atom. The van der Waals surface area contributed by atoms with Crippen LogP contribution in [0.5, 0.6) is 0 Å². The molecule has 2 aromatic rings. The molecule has 0 radical (unpaired) electrons. The van der Waals surface area contributed by atoms with Crippen molar-refractivity contribution in [2.24, 2.45) is 5.73 Å². The Hall–Kier alpha value is -1.19. The molecular formula is C14H16N2S. The van der Waals surface area contributed by atoms with Gasteiger partial charge in [-0.05, 0) is 19.3 Å². The first-order chi connectivity index (χ1) is 8.33. The zero-order valence-corrected chi connectivity index (χ0v) is 10.5. The van der Waals surface area contributed by atoms with Crippen LogP contribution in [0.15, 0.2) is 35.7 Å². The molecule has 2 nitrogen and oxygen atoms in total. The third kappa shape index (κ3) is 2.26. The van der Waals surface area contributed by atoms with E-state index in [-0.39, 0.29) is 0 Å². The number of hydrogen-bond donors (Lipinski definition) is 1. The highest BCUT2D eigenvalue weighted by molar-refractivity contribution is 7.10. The van der Waals surface area contributed by atoms with Crippen molar-refractivity contribution in [2.45, 2.75) is 31.2 Å². The Morgan fingerprint density at radius 2 is 2.00 bits per heavy atom. The monoisotopic (exact) mass is 244 g/mol. The van der Waals surface area contributed by atoms with E-state index in [0.29, 0.717) is 12.0 Å². The zero-order chi connectivity index (χ0) is 11.7. The lowest BCUT2D eigenvalue weighted by molar-refractivity contribution is 0.672. The summed E-state index contributed by atoms with van der Waals surface area (Å²) in [5, 5.41) is 3.42. The van der Waals surface area contributed by atoms with Crippen LogP contribution in [0.3, 0.4) is 0 Å². The van der Waals surface area contributed by atoms with E-state index in [9.17, 15) is 0 Å². The highest BCUT2D eigenvalue weighted by atomic mass is 32.1. The normalized spacial score (nSPS) is 24.1. The molecule has 0 bridgehead atoms. The SMILES string of the molecule is N[C@@H]1CC[C@H](c2nc(-c3ccccc3)cs2)C1. The van der Waals surface area contributed by atoms with Crippen LogP contribution in [0.2, 0.25) is 0 Å². The molecule has 1 saturated carbocycles. The molecule has 0 aliphatic heterocycles. The van der Waals surface area contributed by atoms with Crippen LogP contribution in [-0.2, 0) is 0 Å². The predicted molar refractivity (Wildman–Crippen MR) is 72.1 cm³/mol. The predicted octanol–water partition coefficient (Wildman–Crippen LogP) is 3.40. The molecule has 3 heteroatoms. The molecule has 2 N–H and O–H groups in total. The summed E-state index contributed by atoms with van der Waals surface area (Å²) < 4.78 is 0. The average Bonchev–Trinajstić information content (AvgIpc) is 2.98. The second kappa shape index (κ2) is 4.59. The molecule has 3 rings (SSSR count). The van der Waals surface area contributed by atoms with Crippen LogP contribution in [0, 0.1) is 0 Å². The maximum Gasteiger partial charge on any atom is 0.0964 e. The summed E-state index contributed by atoms with van der Waals surface area (Å²) >= 11 is 1.78. The lowest BCUT2D eigenvalue weighted by Gasteiger charge is -2.04. The third-order valence-electron chi connectivity index (χ3n) is 3.41. The first-order valence-corrected chi connectivity index (χ1v) is 6.97. The molecule has 0 unspecified atom stereocenters. The number of hydrogen-bond acceptors (Lipinski definition) is 3. The van der Waals surface area contributed by atoms with Gasteiger partial charge >= 0.3 is 0 Å². The second-order valence-electron chi connectivity index (χ2n) is 4.71. The first kappa shape index (κ1) is 10.9. The smallest absolute Gasteiger partial charge is 0.0964 e. The molecule has 1 aromatic carbocycles. The van der Waals surface area contributed by atoms with E-state index in [2.05, 4.69) is 29.6 Å². The first-order valence-electron chi connectivity index (χ1n) is 6.09. The minimum Gasteiger partial charge on any atom is -0.328 e. The summed E-state index contributed by atoms with van der Waals surface area (Å²) in [6.45, 7) is 0. The molecule has 88 valence electrons. The number of nitrogens with two attached hydrogens (primary N) is 1. The van der Waals surface area contributed by atoms with Crippen molar-refractivity contribution in [1.29, 1.82) is 0 Å². The fourth-order valence-corrected chi connectivity index (χ4v) is 3.44. The number of rotatable bonds is 2. The quantitative estimate of drug-likeness (QED) is 0.879. The molecule has 1 fully saturated rings. The molecule has 0 saturated heterocycles. The van der Waals surface area contributed by atoms with Gasteiger partial charge in [0.1, 0.15) is 0 Å².